The summed E-state index contributed by atoms with van der Waals surface area (Å²) < 4.78 is 2.07. The third-order valence-electron chi connectivity index (χ3n) is 5.41. The van der Waals surface area contributed by atoms with Crippen LogP contribution in [0, 0.1) is 0 Å². The predicted octanol–water partition coefficient (Wildman–Crippen LogP) is 3.12. The first-order valence-corrected chi connectivity index (χ1v) is 11.5. The van der Waals surface area contributed by atoms with Gasteiger partial charge in [-0.1, -0.05) is 47.5 Å². The van der Waals surface area contributed by atoms with Gasteiger partial charge in [-0.2, -0.15) is 12.1 Å². The molecular weight excluding hydrogens is 574 g/mol. The van der Waals surface area contributed by atoms with Gasteiger partial charge in [-0.3, -0.25) is 0 Å². The number of hydrogen-bond donors (Lipinski definition) is 0. The molecule has 0 aliphatic carbocycles. The van der Waals surface area contributed by atoms with Gasteiger partial charge in [0, 0.05) is 4.70 Å². The molecule has 0 atom stereocenters. The Kier molecular flexibility index (Phi) is 8.37. The Bertz CT molecular complexity index is 1510. The van der Waals surface area contributed by atoms with Gasteiger partial charge in [0.1, 0.15) is 0 Å². The van der Waals surface area contributed by atoms with Crippen LogP contribution in [0.25, 0.3) is 42.8 Å². The molecule has 5 aromatic carbocycles. The van der Waals surface area contributed by atoms with Crippen LogP contribution in [0.1, 0.15) is 0 Å². The van der Waals surface area contributed by atoms with Gasteiger partial charge in [0.15, 0.2) is 0 Å². The van der Waals surface area contributed by atoms with E-state index in [9.17, 15) is 0 Å². The molecule has 0 aliphatic heterocycles. The number of hydrogen-bond acceptors (Lipinski definition) is 2. The first kappa shape index (κ1) is 25.6. The molecular formula is C26H15Cl3S2Zr. The number of benzene rings is 3. The van der Waals surface area contributed by atoms with E-state index in [2.05, 4.69) is 91.0 Å². The number of halogens is 3. The molecule has 0 aliphatic rings. The van der Waals surface area contributed by atoms with Crippen molar-refractivity contribution < 1.29 is 51.0 Å². The van der Waals surface area contributed by atoms with Gasteiger partial charge in [-0.25, -0.2) is 0 Å². The summed E-state index contributed by atoms with van der Waals surface area (Å²) in [5.74, 6) is 0. The molecule has 0 nitrogen and oxygen atoms in total. The zero-order valence-electron chi connectivity index (χ0n) is 16.6. The normalized spacial score (nSPS) is 10.7. The molecule has 1 aromatic heterocycles. The molecule has 0 N–H and O–H groups in total. The van der Waals surface area contributed by atoms with Gasteiger partial charge < -0.3 is 24.8 Å². The van der Waals surface area contributed by atoms with E-state index in [4.69, 9.17) is 11.6 Å². The van der Waals surface area contributed by atoms with Crippen molar-refractivity contribution in [1.82, 2.24) is 0 Å². The molecule has 0 radical (unpaired) electrons. The van der Waals surface area contributed by atoms with E-state index in [-0.39, 0.29) is 51.0 Å². The minimum Gasteiger partial charge on any atom is -1.00 e. The van der Waals surface area contributed by atoms with Crippen LogP contribution in [-0.2, 0) is 26.2 Å². The minimum absolute atomic E-state index is 0. The molecule has 32 heavy (non-hydrogen) atoms. The topological polar surface area (TPSA) is 0 Å². The summed E-state index contributed by atoms with van der Waals surface area (Å²) in [7, 11) is 0. The van der Waals surface area contributed by atoms with E-state index in [0.717, 1.165) is 4.34 Å². The SMILES string of the molecule is Clc1cc2c(-c3cc4c(Sc5cccc6[cH-]ccc56)cccc4[cH-]3)cccc2s1.[Cl-].[Cl-].[Zr+4]. The third kappa shape index (κ3) is 4.49. The standard InChI is InChI=1S/C26H15ClS2.2ClH.Zr/c27-26-15-22-19(8-4-12-25(22)29-26)18-13-17-7-3-11-24(21(17)14-18)28-23-10-2-6-16-5-1-9-20(16)23;;;/h1-15H;2*1H;/q-2;;;+4/p-2. The van der Waals surface area contributed by atoms with Crippen LogP contribution in [-0.4, -0.2) is 0 Å². The zero-order valence-corrected chi connectivity index (χ0v) is 23.0. The van der Waals surface area contributed by atoms with E-state index in [0.29, 0.717) is 0 Å². The second-order valence-corrected chi connectivity index (χ2v) is 9.96. The summed E-state index contributed by atoms with van der Waals surface area (Å²) in [4.78, 5) is 2.59. The molecule has 0 amide bonds. The Labute approximate surface area is 231 Å². The molecule has 0 fully saturated rings. The molecule has 6 heteroatoms. The van der Waals surface area contributed by atoms with Crippen LogP contribution < -0.4 is 24.8 Å². The quantitative estimate of drug-likeness (QED) is 0.286. The Balaban J connectivity index is 0.000000963. The predicted molar refractivity (Wildman–Crippen MR) is 129 cm³/mol. The van der Waals surface area contributed by atoms with Crippen molar-refractivity contribution in [2.24, 2.45) is 0 Å². The van der Waals surface area contributed by atoms with Crippen molar-refractivity contribution in [2.75, 3.05) is 0 Å². The van der Waals surface area contributed by atoms with Crippen LogP contribution in [0.2, 0.25) is 4.34 Å². The Morgan fingerprint density at radius 3 is 2.28 bits per heavy atom. The average Bonchev–Trinajstić information content (AvgIpc) is 3.45. The molecule has 156 valence electrons. The molecule has 0 saturated heterocycles. The van der Waals surface area contributed by atoms with Crippen molar-refractivity contribution in [3.63, 3.8) is 0 Å². The first-order chi connectivity index (χ1) is 14.3. The Hall–Kier alpha value is -1.06. The molecule has 0 spiro atoms. The van der Waals surface area contributed by atoms with Crippen LogP contribution in [0.5, 0.6) is 0 Å². The van der Waals surface area contributed by atoms with Gasteiger partial charge in [-0.15, -0.1) is 86.6 Å². The molecule has 6 aromatic rings. The second kappa shape index (κ2) is 10.5. The van der Waals surface area contributed by atoms with Crippen molar-refractivity contribution in [3.05, 3.63) is 95.3 Å². The van der Waals surface area contributed by atoms with Crippen molar-refractivity contribution in [3.8, 4) is 11.1 Å². The number of fused-ring (bicyclic) bond motifs is 3. The summed E-state index contributed by atoms with van der Waals surface area (Å²) in [5, 5.41) is 6.42. The van der Waals surface area contributed by atoms with E-state index < -0.39 is 0 Å². The second-order valence-electron chi connectivity index (χ2n) is 7.16. The monoisotopic (exact) mass is 586 g/mol. The zero-order chi connectivity index (χ0) is 19.4. The van der Waals surface area contributed by atoms with Gasteiger partial charge >= 0.3 is 26.2 Å². The maximum absolute atomic E-state index is 6.29. The summed E-state index contributed by atoms with van der Waals surface area (Å²) in [5.41, 5.74) is 2.50. The van der Waals surface area contributed by atoms with Crippen LogP contribution >= 0.6 is 34.7 Å². The van der Waals surface area contributed by atoms with Gasteiger partial charge in [0.25, 0.3) is 0 Å². The maximum Gasteiger partial charge on any atom is 4.00 e. The number of thiophene rings is 1. The molecule has 6 rings (SSSR count). The summed E-state index contributed by atoms with van der Waals surface area (Å²) in [6, 6.07) is 32.8. The number of rotatable bonds is 3. The average molecular weight is 589 g/mol. The third-order valence-corrected chi connectivity index (χ3v) is 7.79. The van der Waals surface area contributed by atoms with E-state index in [1.165, 1.54) is 52.5 Å². The molecule has 1 heterocycles. The first-order valence-electron chi connectivity index (χ1n) is 9.46. The molecule has 0 unspecified atom stereocenters. The molecule has 0 saturated carbocycles. The van der Waals surface area contributed by atoms with E-state index in [1.807, 2.05) is 11.8 Å². The summed E-state index contributed by atoms with van der Waals surface area (Å²) in [6.45, 7) is 0. The van der Waals surface area contributed by atoms with Crippen LogP contribution in [0.3, 0.4) is 0 Å². The van der Waals surface area contributed by atoms with Gasteiger partial charge in [-0.05, 0) is 27.3 Å². The fourth-order valence-corrected chi connectivity index (χ4v) is 6.36. The van der Waals surface area contributed by atoms with Gasteiger partial charge in [0.05, 0.1) is 4.34 Å². The van der Waals surface area contributed by atoms with Crippen molar-refractivity contribution >= 4 is 66.3 Å². The Morgan fingerprint density at radius 2 is 1.47 bits per heavy atom. The van der Waals surface area contributed by atoms with Gasteiger partial charge in [0.2, 0.25) is 0 Å². The largest absolute Gasteiger partial charge is 4.00 e. The van der Waals surface area contributed by atoms with Crippen LogP contribution in [0.4, 0.5) is 0 Å². The van der Waals surface area contributed by atoms with Crippen molar-refractivity contribution in [2.45, 2.75) is 9.79 Å². The fraction of sp³-hybridized carbons (Fsp3) is 0. The smallest absolute Gasteiger partial charge is 1.00 e. The summed E-state index contributed by atoms with van der Waals surface area (Å²) in [6.07, 6.45) is 0. The fourth-order valence-electron chi connectivity index (χ4n) is 4.07. The van der Waals surface area contributed by atoms with E-state index >= 15 is 0 Å². The minimum atomic E-state index is 0. The van der Waals surface area contributed by atoms with Crippen LogP contribution in [0.15, 0.2) is 101 Å². The Morgan fingerprint density at radius 1 is 0.750 bits per heavy atom. The maximum atomic E-state index is 6.29. The molecule has 0 bridgehead atoms. The van der Waals surface area contributed by atoms with Crippen molar-refractivity contribution in [1.29, 1.82) is 0 Å². The van der Waals surface area contributed by atoms with E-state index in [1.54, 1.807) is 11.3 Å². The summed E-state index contributed by atoms with van der Waals surface area (Å²) >= 11 is 9.77.